The fraction of sp³-hybridized carbons (Fsp3) is 0.600. The molecule has 1 heterocycles. The maximum absolute atomic E-state index is 6.31. The number of likely N-dealkylation sites (N-methyl/N-ethyl adjacent to an activating group) is 1. The Labute approximate surface area is 124 Å². The zero-order valence-corrected chi connectivity index (χ0v) is 12.5. The highest BCUT2D eigenvalue weighted by Crippen LogP contribution is 2.40. The molecule has 110 valence electrons. The quantitative estimate of drug-likeness (QED) is 0.907. The van der Waals surface area contributed by atoms with E-state index in [1.165, 1.54) is 12.8 Å². The lowest BCUT2D eigenvalue weighted by Gasteiger charge is -2.29. The molecule has 3 rings (SSSR count). The second-order valence-electron chi connectivity index (χ2n) is 5.66. The number of nitrogens with two attached hydrogens (primary N) is 1. The Hall–Kier alpha value is -0.970. The number of ether oxygens (including phenoxy) is 2. The molecule has 4 nitrogen and oxygen atoms in total. The largest absolute Gasteiger partial charge is 0.486 e. The van der Waals surface area contributed by atoms with Gasteiger partial charge in [0.15, 0.2) is 11.5 Å². The van der Waals surface area contributed by atoms with Gasteiger partial charge in [0.2, 0.25) is 0 Å². The lowest BCUT2D eigenvalue weighted by molar-refractivity contribution is 0.170. The first-order valence-corrected chi connectivity index (χ1v) is 7.56. The molecular weight excluding hydrogens is 276 g/mol. The van der Waals surface area contributed by atoms with Gasteiger partial charge in [0.05, 0.1) is 5.02 Å². The molecule has 2 N–H and O–H groups in total. The molecule has 1 unspecified atom stereocenters. The topological polar surface area (TPSA) is 47.7 Å². The van der Waals surface area contributed by atoms with Crippen molar-refractivity contribution in [3.8, 4) is 11.5 Å². The van der Waals surface area contributed by atoms with Crippen LogP contribution in [0.25, 0.3) is 0 Å². The second-order valence-corrected chi connectivity index (χ2v) is 6.07. The summed E-state index contributed by atoms with van der Waals surface area (Å²) < 4.78 is 11.2. The predicted molar refractivity (Wildman–Crippen MR) is 79.6 cm³/mol. The molecule has 0 aromatic heterocycles. The van der Waals surface area contributed by atoms with Gasteiger partial charge < -0.3 is 15.2 Å². The van der Waals surface area contributed by atoms with Crippen LogP contribution in [0.2, 0.25) is 5.02 Å². The Morgan fingerprint density at radius 1 is 1.35 bits per heavy atom. The normalized spacial score (nSPS) is 19.2. The smallest absolute Gasteiger partial charge is 0.179 e. The molecule has 20 heavy (non-hydrogen) atoms. The van der Waals surface area contributed by atoms with E-state index in [2.05, 4.69) is 11.9 Å². The van der Waals surface area contributed by atoms with Crippen molar-refractivity contribution in [1.82, 2.24) is 4.90 Å². The number of benzene rings is 1. The number of rotatable bonds is 5. The standard InChI is InChI=1S/C15H21ClN2O2/c1-18(9-10-2-3-10)13(8-17)11-6-12(16)15-14(7-11)19-4-5-20-15/h6-7,10,13H,2-5,8-9,17H2,1H3. The molecular formula is C15H21ClN2O2. The van der Waals surface area contributed by atoms with Crippen LogP contribution in [-0.2, 0) is 0 Å². The van der Waals surface area contributed by atoms with E-state index in [0.29, 0.717) is 30.5 Å². The van der Waals surface area contributed by atoms with Crippen molar-refractivity contribution < 1.29 is 9.47 Å². The van der Waals surface area contributed by atoms with Gasteiger partial charge in [-0.15, -0.1) is 0 Å². The van der Waals surface area contributed by atoms with E-state index in [-0.39, 0.29) is 6.04 Å². The van der Waals surface area contributed by atoms with Crippen LogP contribution in [0.1, 0.15) is 24.4 Å². The first-order valence-electron chi connectivity index (χ1n) is 7.18. The van der Waals surface area contributed by atoms with Crippen molar-refractivity contribution in [2.75, 3.05) is 33.4 Å². The fourth-order valence-electron chi connectivity index (χ4n) is 2.73. The lowest BCUT2D eigenvalue weighted by Crippen LogP contribution is -2.32. The minimum absolute atomic E-state index is 0.170. The highest BCUT2D eigenvalue weighted by molar-refractivity contribution is 6.32. The lowest BCUT2D eigenvalue weighted by atomic mass is 10.0. The van der Waals surface area contributed by atoms with Crippen molar-refractivity contribution in [3.63, 3.8) is 0 Å². The summed E-state index contributed by atoms with van der Waals surface area (Å²) in [6.45, 7) is 2.78. The van der Waals surface area contributed by atoms with Gasteiger partial charge in [-0.2, -0.15) is 0 Å². The summed E-state index contributed by atoms with van der Waals surface area (Å²) in [7, 11) is 2.13. The van der Waals surface area contributed by atoms with Crippen molar-refractivity contribution in [3.05, 3.63) is 22.7 Å². The monoisotopic (exact) mass is 296 g/mol. The predicted octanol–water partition coefficient (Wildman–Crippen LogP) is 2.45. The van der Waals surface area contributed by atoms with E-state index >= 15 is 0 Å². The van der Waals surface area contributed by atoms with Gasteiger partial charge >= 0.3 is 0 Å². The Bertz CT molecular complexity index is 491. The third kappa shape index (κ3) is 2.87. The summed E-state index contributed by atoms with van der Waals surface area (Å²) in [6.07, 6.45) is 2.67. The third-order valence-corrected chi connectivity index (χ3v) is 4.28. The molecule has 2 aliphatic rings. The van der Waals surface area contributed by atoms with E-state index in [0.717, 1.165) is 23.8 Å². The molecule has 1 aliphatic carbocycles. The molecule has 1 saturated carbocycles. The Morgan fingerprint density at radius 2 is 2.10 bits per heavy atom. The number of halogens is 1. The van der Waals surface area contributed by atoms with Crippen LogP contribution < -0.4 is 15.2 Å². The number of hydrogen-bond acceptors (Lipinski definition) is 4. The van der Waals surface area contributed by atoms with Crippen molar-refractivity contribution in [2.24, 2.45) is 11.7 Å². The van der Waals surface area contributed by atoms with Crippen LogP contribution in [0, 0.1) is 5.92 Å². The van der Waals surface area contributed by atoms with Gasteiger partial charge in [-0.05, 0) is 43.5 Å². The summed E-state index contributed by atoms with van der Waals surface area (Å²) in [5, 5.41) is 0.607. The van der Waals surface area contributed by atoms with Crippen LogP contribution in [0.5, 0.6) is 11.5 Å². The molecule has 1 atom stereocenters. The summed E-state index contributed by atoms with van der Waals surface area (Å²) in [4.78, 5) is 2.32. The first-order chi connectivity index (χ1) is 9.69. The minimum atomic E-state index is 0.170. The first kappa shape index (κ1) is 14.0. The highest BCUT2D eigenvalue weighted by atomic mass is 35.5. The molecule has 5 heteroatoms. The van der Waals surface area contributed by atoms with Crippen LogP contribution in [0.15, 0.2) is 12.1 Å². The van der Waals surface area contributed by atoms with Crippen LogP contribution in [-0.4, -0.2) is 38.3 Å². The van der Waals surface area contributed by atoms with Crippen molar-refractivity contribution in [1.29, 1.82) is 0 Å². The zero-order valence-electron chi connectivity index (χ0n) is 11.8. The van der Waals surface area contributed by atoms with Gasteiger partial charge in [0.1, 0.15) is 13.2 Å². The van der Waals surface area contributed by atoms with Crippen LogP contribution in [0.3, 0.4) is 0 Å². The van der Waals surface area contributed by atoms with Gasteiger partial charge in [-0.3, -0.25) is 4.90 Å². The van der Waals surface area contributed by atoms with Crippen molar-refractivity contribution in [2.45, 2.75) is 18.9 Å². The zero-order chi connectivity index (χ0) is 14.1. The molecule has 1 fully saturated rings. The number of nitrogens with zero attached hydrogens (tertiary/aromatic N) is 1. The van der Waals surface area contributed by atoms with E-state index in [4.69, 9.17) is 26.8 Å². The fourth-order valence-corrected chi connectivity index (χ4v) is 3.00. The van der Waals surface area contributed by atoms with Gasteiger partial charge in [0, 0.05) is 19.1 Å². The van der Waals surface area contributed by atoms with E-state index in [1.807, 2.05) is 12.1 Å². The molecule has 1 aliphatic heterocycles. The number of fused-ring (bicyclic) bond motifs is 1. The molecule has 0 spiro atoms. The molecule has 0 saturated heterocycles. The van der Waals surface area contributed by atoms with Crippen molar-refractivity contribution >= 4 is 11.6 Å². The summed E-state index contributed by atoms with van der Waals surface area (Å²) in [6, 6.07) is 4.14. The van der Waals surface area contributed by atoms with E-state index in [9.17, 15) is 0 Å². The summed E-state index contributed by atoms with van der Waals surface area (Å²) >= 11 is 6.31. The second kappa shape index (κ2) is 5.80. The Morgan fingerprint density at radius 3 is 2.80 bits per heavy atom. The van der Waals surface area contributed by atoms with E-state index < -0.39 is 0 Å². The molecule has 0 bridgehead atoms. The maximum Gasteiger partial charge on any atom is 0.179 e. The van der Waals surface area contributed by atoms with Gasteiger partial charge in [-0.25, -0.2) is 0 Å². The average molecular weight is 297 g/mol. The highest BCUT2D eigenvalue weighted by Gasteiger charge is 2.27. The Balaban J connectivity index is 1.84. The molecule has 0 amide bonds. The van der Waals surface area contributed by atoms with Gasteiger partial charge in [-0.1, -0.05) is 11.6 Å². The van der Waals surface area contributed by atoms with Crippen LogP contribution >= 0.6 is 11.6 Å². The number of hydrogen-bond donors (Lipinski definition) is 1. The minimum Gasteiger partial charge on any atom is -0.486 e. The average Bonchev–Trinajstić information content (AvgIpc) is 3.23. The van der Waals surface area contributed by atoms with Gasteiger partial charge in [0.25, 0.3) is 0 Å². The maximum atomic E-state index is 6.31. The third-order valence-electron chi connectivity index (χ3n) is 4.00. The molecule has 1 aromatic rings. The SMILES string of the molecule is CN(CC1CC1)C(CN)c1cc(Cl)c2c(c1)OCCO2. The van der Waals surface area contributed by atoms with Crippen LogP contribution in [0.4, 0.5) is 0 Å². The summed E-state index contributed by atoms with van der Waals surface area (Å²) in [5.74, 6) is 2.22. The molecule has 0 radical (unpaired) electrons. The molecule has 1 aromatic carbocycles. The summed E-state index contributed by atoms with van der Waals surface area (Å²) in [5.41, 5.74) is 7.07. The Kier molecular flexibility index (Phi) is 4.06. The van der Waals surface area contributed by atoms with E-state index in [1.54, 1.807) is 0 Å².